The van der Waals surface area contributed by atoms with E-state index in [-0.39, 0.29) is 11.3 Å². The van der Waals surface area contributed by atoms with Crippen molar-refractivity contribution in [2.75, 3.05) is 22.9 Å². The largest absolute Gasteiger partial charge is 0.507 e. The Labute approximate surface area is 192 Å². The highest BCUT2D eigenvalue weighted by atomic mass is 16.3. The van der Waals surface area contributed by atoms with E-state index in [9.17, 15) is 14.7 Å². The van der Waals surface area contributed by atoms with Gasteiger partial charge in [0.15, 0.2) is 0 Å². The van der Waals surface area contributed by atoms with Crippen molar-refractivity contribution < 1.29 is 14.7 Å². The van der Waals surface area contributed by atoms with Gasteiger partial charge in [0.1, 0.15) is 5.76 Å². The lowest BCUT2D eigenvalue weighted by Crippen LogP contribution is -2.29. The van der Waals surface area contributed by atoms with Crippen molar-refractivity contribution in [2.24, 2.45) is 0 Å². The number of amides is 1. The van der Waals surface area contributed by atoms with Crippen molar-refractivity contribution in [3.63, 3.8) is 0 Å². The van der Waals surface area contributed by atoms with E-state index in [0.29, 0.717) is 11.3 Å². The second kappa shape index (κ2) is 8.54. The van der Waals surface area contributed by atoms with Gasteiger partial charge in [-0.15, -0.1) is 0 Å². The number of aliphatic hydroxyl groups is 1. The molecule has 1 atom stereocenters. The molecule has 2 aliphatic heterocycles. The molecule has 2 aromatic carbocycles. The van der Waals surface area contributed by atoms with Crippen LogP contribution in [0.2, 0.25) is 0 Å². The summed E-state index contributed by atoms with van der Waals surface area (Å²) in [5, 5.41) is 11.1. The molecule has 0 aliphatic carbocycles. The van der Waals surface area contributed by atoms with E-state index in [4.69, 9.17) is 0 Å². The van der Waals surface area contributed by atoms with Gasteiger partial charge in [0.05, 0.1) is 11.6 Å². The summed E-state index contributed by atoms with van der Waals surface area (Å²) in [7, 11) is 0. The molecule has 0 saturated carbocycles. The molecule has 2 fully saturated rings. The Morgan fingerprint density at radius 3 is 2.21 bits per heavy atom. The third-order valence-corrected chi connectivity index (χ3v) is 6.48. The van der Waals surface area contributed by atoms with Gasteiger partial charge < -0.3 is 10.0 Å². The first-order valence-corrected chi connectivity index (χ1v) is 11.2. The number of hydrogen-bond acceptors (Lipinski definition) is 5. The molecule has 1 amide bonds. The van der Waals surface area contributed by atoms with Gasteiger partial charge in [-0.3, -0.25) is 19.5 Å². The highest BCUT2D eigenvalue weighted by Crippen LogP contribution is 2.43. The normalized spacial score (nSPS) is 20.0. The number of rotatable bonds is 4. The van der Waals surface area contributed by atoms with E-state index in [1.165, 1.54) is 17.7 Å². The minimum Gasteiger partial charge on any atom is -0.507 e. The maximum atomic E-state index is 13.3. The first-order valence-electron chi connectivity index (χ1n) is 11.2. The van der Waals surface area contributed by atoms with E-state index in [1.807, 2.05) is 55.5 Å². The van der Waals surface area contributed by atoms with E-state index in [1.54, 1.807) is 24.5 Å². The topological polar surface area (TPSA) is 73.7 Å². The first-order chi connectivity index (χ1) is 16.1. The van der Waals surface area contributed by atoms with Gasteiger partial charge >= 0.3 is 0 Å². The molecule has 0 radical (unpaired) electrons. The molecule has 1 N–H and O–H groups in total. The number of pyridine rings is 1. The van der Waals surface area contributed by atoms with Gasteiger partial charge in [-0.05, 0) is 67.3 Å². The average Bonchev–Trinajstić information content (AvgIpc) is 3.47. The molecule has 3 aromatic rings. The van der Waals surface area contributed by atoms with Gasteiger partial charge in [0.2, 0.25) is 0 Å². The second-order valence-corrected chi connectivity index (χ2v) is 8.47. The highest BCUT2D eigenvalue weighted by Gasteiger charge is 2.47. The number of carbonyl (C=O) groups is 2. The number of aliphatic hydroxyl groups excluding tert-OH is 1. The molecule has 6 nitrogen and oxygen atoms in total. The molecule has 6 heteroatoms. The van der Waals surface area contributed by atoms with Crippen molar-refractivity contribution in [1.82, 2.24) is 4.98 Å². The molecule has 166 valence electrons. The zero-order valence-corrected chi connectivity index (χ0v) is 18.4. The summed E-state index contributed by atoms with van der Waals surface area (Å²) in [5.74, 6) is -1.53. The lowest BCUT2D eigenvalue weighted by Gasteiger charge is -2.27. The van der Waals surface area contributed by atoms with Crippen LogP contribution in [0, 0.1) is 6.92 Å². The highest BCUT2D eigenvalue weighted by molar-refractivity contribution is 6.51. The lowest BCUT2D eigenvalue weighted by atomic mass is 9.92. The molecule has 2 aliphatic rings. The van der Waals surface area contributed by atoms with Crippen molar-refractivity contribution >= 4 is 28.8 Å². The third-order valence-electron chi connectivity index (χ3n) is 6.48. The zero-order chi connectivity index (χ0) is 22.9. The Bertz CT molecular complexity index is 1230. The van der Waals surface area contributed by atoms with Gasteiger partial charge in [-0.25, -0.2) is 0 Å². The molecular formula is C27H25N3O3. The predicted octanol–water partition coefficient (Wildman–Crippen LogP) is 4.62. The van der Waals surface area contributed by atoms with Crippen LogP contribution in [0.15, 0.2) is 78.6 Å². The molecule has 1 aromatic heterocycles. The summed E-state index contributed by atoms with van der Waals surface area (Å²) in [4.78, 5) is 34.3. The quantitative estimate of drug-likeness (QED) is 0.365. The molecule has 2 saturated heterocycles. The lowest BCUT2D eigenvalue weighted by molar-refractivity contribution is -0.132. The van der Waals surface area contributed by atoms with Crippen LogP contribution in [-0.2, 0) is 9.59 Å². The first kappa shape index (κ1) is 20.9. The number of benzene rings is 2. The van der Waals surface area contributed by atoms with E-state index in [2.05, 4.69) is 9.88 Å². The van der Waals surface area contributed by atoms with Gasteiger partial charge in [0.25, 0.3) is 11.7 Å². The van der Waals surface area contributed by atoms with E-state index in [0.717, 1.165) is 29.9 Å². The third kappa shape index (κ3) is 3.67. The molecule has 1 unspecified atom stereocenters. The number of anilines is 2. The van der Waals surface area contributed by atoms with Crippen LogP contribution in [-0.4, -0.2) is 34.9 Å². The zero-order valence-electron chi connectivity index (χ0n) is 18.4. The molecule has 0 spiro atoms. The Morgan fingerprint density at radius 2 is 1.55 bits per heavy atom. The van der Waals surface area contributed by atoms with Crippen LogP contribution in [0.4, 0.5) is 11.4 Å². The molecule has 3 heterocycles. The SMILES string of the molecule is Cc1ccccc1C1/C(=C(\O)c2ccncc2)C(=O)C(=O)N1c1ccc(N2CCCC2)cc1. The van der Waals surface area contributed by atoms with Crippen LogP contribution in [0.1, 0.15) is 35.6 Å². The molecular weight excluding hydrogens is 414 g/mol. The standard InChI is InChI=1S/C27H25N3O3/c1-18-6-2-3-7-22(18)24-23(25(31)19-12-14-28-15-13-19)26(32)27(33)30(24)21-10-8-20(9-11-21)29-16-4-5-17-29/h2-3,6-15,24,31H,4-5,16-17H2,1H3/b25-23+. The summed E-state index contributed by atoms with van der Waals surface area (Å²) >= 11 is 0. The fourth-order valence-electron chi connectivity index (χ4n) is 4.75. The van der Waals surface area contributed by atoms with Crippen LogP contribution in [0.25, 0.3) is 5.76 Å². The molecule has 5 rings (SSSR count). The predicted molar refractivity (Wildman–Crippen MR) is 128 cm³/mol. The van der Waals surface area contributed by atoms with Gasteiger partial charge in [-0.1, -0.05) is 24.3 Å². The number of hydrogen-bond donors (Lipinski definition) is 1. The number of aryl methyl sites for hydroxylation is 1. The Kier molecular flexibility index (Phi) is 5.42. The Morgan fingerprint density at radius 1 is 0.909 bits per heavy atom. The van der Waals surface area contributed by atoms with Crippen LogP contribution >= 0.6 is 0 Å². The minimum absolute atomic E-state index is 0.0871. The van der Waals surface area contributed by atoms with Crippen molar-refractivity contribution in [3.05, 3.63) is 95.3 Å². The van der Waals surface area contributed by atoms with Gasteiger partial charge in [0, 0.05) is 42.4 Å². The number of carbonyl (C=O) groups excluding carboxylic acids is 2. The van der Waals surface area contributed by atoms with Crippen LogP contribution in [0.3, 0.4) is 0 Å². The average molecular weight is 440 g/mol. The fourth-order valence-corrected chi connectivity index (χ4v) is 4.75. The minimum atomic E-state index is -0.725. The van der Waals surface area contributed by atoms with Crippen molar-refractivity contribution in [2.45, 2.75) is 25.8 Å². The van der Waals surface area contributed by atoms with Crippen molar-refractivity contribution in [3.8, 4) is 0 Å². The summed E-state index contributed by atoms with van der Waals surface area (Å²) in [6.45, 7) is 4.00. The number of nitrogens with zero attached hydrogens (tertiary/aromatic N) is 3. The summed E-state index contributed by atoms with van der Waals surface area (Å²) in [5.41, 5.74) is 4.01. The Hall–Kier alpha value is -3.93. The smallest absolute Gasteiger partial charge is 0.300 e. The maximum absolute atomic E-state index is 13.3. The van der Waals surface area contributed by atoms with E-state index >= 15 is 0 Å². The summed E-state index contributed by atoms with van der Waals surface area (Å²) < 4.78 is 0. The fraction of sp³-hybridized carbons (Fsp3) is 0.222. The van der Waals surface area contributed by atoms with Crippen LogP contribution in [0.5, 0.6) is 0 Å². The number of ketones is 1. The number of aromatic nitrogens is 1. The summed E-state index contributed by atoms with van der Waals surface area (Å²) in [6, 6.07) is 17.9. The van der Waals surface area contributed by atoms with E-state index < -0.39 is 17.7 Å². The monoisotopic (exact) mass is 439 g/mol. The van der Waals surface area contributed by atoms with Crippen molar-refractivity contribution in [1.29, 1.82) is 0 Å². The Balaban J connectivity index is 1.64. The number of Topliss-reactive ketones (excluding diaryl/α,β-unsaturated/α-hetero) is 1. The van der Waals surface area contributed by atoms with Crippen LogP contribution < -0.4 is 9.80 Å². The second-order valence-electron chi connectivity index (χ2n) is 8.47. The summed E-state index contributed by atoms with van der Waals surface area (Å²) in [6.07, 6.45) is 5.45. The molecule has 0 bridgehead atoms. The van der Waals surface area contributed by atoms with Gasteiger partial charge in [-0.2, -0.15) is 0 Å². The maximum Gasteiger partial charge on any atom is 0.300 e. The molecule has 33 heavy (non-hydrogen) atoms.